The average Bonchev–Trinajstić information content (AvgIpc) is 2.93. The quantitative estimate of drug-likeness (QED) is 0.368. The van der Waals surface area contributed by atoms with Crippen LogP contribution in [0.3, 0.4) is 0 Å². The molecule has 5 unspecified atom stereocenters. The van der Waals surface area contributed by atoms with Gasteiger partial charge in [0.15, 0.2) is 0 Å². The van der Waals surface area contributed by atoms with Gasteiger partial charge < -0.3 is 15.3 Å². The molecule has 25 heavy (non-hydrogen) atoms. The SMILES string of the molecule is CC(C#N)CCC(O)C=CC1CCC(O)C1CCCCCCC(=O)O. The Balaban J connectivity index is 2.31. The van der Waals surface area contributed by atoms with Crippen molar-refractivity contribution in [1.82, 2.24) is 0 Å². The summed E-state index contributed by atoms with van der Waals surface area (Å²) in [5, 5.41) is 37.6. The lowest BCUT2D eigenvalue weighted by Gasteiger charge is -2.20. The molecule has 0 saturated heterocycles. The summed E-state index contributed by atoms with van der Waals surface area (Å²) in [6, 6.07) is 2.17. The molecule has 1 saturated carbocycles. The number of unbranched alkanes of at least 4 members (excludes halogenated alkanes) is 3. The highest BCUT2D eigenvalue weighted by atomic mass is 16.4. The fourth-order valence-corrected chi connectivity index (χ4v) is 3.58. The predicted molar refractivity (Wildman–Crippen MR) is 96.7 cm³/mol. The molecule has 5 heteroatoms. The molecule has 0 spiro atoms. The number of hydrogen-bond acceptors (Lipinski definition) is 4. The minimum Gasteiger partial charge on any atom is -0.481 e. The summed E-state index contributed by atoms with van der Waals surface area (Å²) in [5.74, 6) is -0.234. The van der Waals surface area contributed by atoms with Crippen LogP contribution in [0, 0.1) is 29.1 Å². The first-order chi connectivity index (χ1) is 11.9. The van der Waals surface area contributed by atoms with Gasteiger partial charge in [-0.3, -0.25) is 4.79 Å². The Morgan fingerprint density at radius 2 is 1.96 bits per heavy atom. The minimum atomic E-state index is -0.737. The third-order valence-corrected chi connectivity index (χ3v) is 5.21. The van der Waals surface area contributed by atoms with Crippen LogP contribution >= 0.6 is 0 Å². The Bertz CT molecular complexity index is 457. The monoisotopic (exact) mass is 351 g/mol. The van der Waals surface area contributed by atoms with Gasteiger partial charge >= 0.3 is 5.97 Å². The summed E-state index contributed by atoms with van der Waals surface area (Å²) in [7, 11) is 0. The molecule has 0 aromatic carbocycles. The molecule has 0 amide bonds. The van der Waals surface area contributed by atoms with Crippen molar-refractivity contribution in [3.8, 4) is 6.07 Å². The number of allylic oxidation sites excluding steroid dienone is 1. The number of nitrogens with zero attached hydrogens (tertiary/aromatic N) is 1. The largest absolute Gasteiger partial charge is 0.481 e. The molecule has 5 atom stereocenters. The van der Waals surface area contributed by atoms with Crippen molar-refractivity contribution in [2.24, 2.45) is 17.8 Å². The second-order valence-electron chi connectivity index (χ2n) is 7.38. The highest BCUT2D eigenvalue weighted by molar-refractivity contribution is 5.66. The molecule has 0 aromatic heterocycles. The number of rotatable bonds is 12. The summed E-state index contributed by atoms with van der Waals surface area (Å²) in [6.45, 7) is 1.86. The van der Waals surface area contributed by atoms with Crippen molar-refractivity contribution < 1.29 is 20.1 Å². The zero-order valence-electron chi connectivity index (χ0n) is 15.3. The zero-order chi connectivity index (χ0) is 18.7. The van der Waals surface area contributed by atoms with Crippen molar-refractivity contribution in [2.45, 2.75) is 83.3 Å². The van der Waals surface area contributed by atoms with Gasteiger partial charge in [-0.1, -0.05) is 31.4 Å². The lowest BCUT2D eigenvalue weighted by atomic mass is 9.88. The first-order valence-corrected chi connectivity index (χ1v) is 9.60. The zero-order valence-corrected chi connectivity index (χ0v) is 15.3. The third kappa shape index (κ3) is 9.04. The molecule has 1 aliphatic rings. The molecule has 142 valence electrons. The van der Waals surface area contributed by atoms with Crippen LogP contribution in [0.1, 0.15) is 71.1 Å². The van der Waals surface area contributed by atoms with Gasteiger partial charge in [0.25, 0.3) is 0 Å². The van der Waals surface area contributed by atoms with Crippen molar-refractivity contribution in [3.05, 3.63) is 12.2 Å². The van der Waals surface area contributed by atoms with Gasteiger partial charge in [-0.25, -0.2) is 0 Å². The van der Waals surface area contributed by atoms with Gasteiger partial charge in [0.05, 0.1) is 18.3 Å². The summed E-state index contributed by atoms with van der Waals surface area (Å²) >= 11 is 0. The predicted octanol–water partition coefficient (Wildman–Crippen LogP) is 3.66. The van der Waals surface area contributed by atoms with Gasteiger partial charge in [0.2, 0.25) is 0 Å². The summed E-state index contributed by atoms with van der Waals surface area (Å²) < 4.78 is 0. The average molecular weight is 351 g/mol. The third-order valence-electron chi connectivity index (χ3n) is 5.21. The second kappa shape index (κ2) is 12.1. The molecular weight excluding hydrogens is 318 g/mol. The Hall–Kier alpha value is -1.38. The van der Waals surface area contributed by atoms with Gasteiger partial charge in [-0.2, -0.15) is 5.26 Å². The van der Waals surface area contributed by atoms with Crippen LogP contribution in [0.4, 0.5) is 0 Å². The molecule has 1 rings (SSSR count). The van der Waals surface area contributed by atoms with E-state index in [9.17, 15) is 15.0 Å². The molecular formula is C20H33NO4. The maximum Gasteiger partial charge on any atom is 0.303 e. The normalized spacial score (nSPS) is 25.8. The van der Waals surface area contributed by atoms with Crippen LogP contribution in [0.25, 0.3) is 0 Å². The van der Waals surface area contributed by atoms with Gasteiger partial charge in [-0.05, 0) is 57.3 Å². The maximum absolute atomic E-state index is 10.5. The van der Waals surface area contributed by atoms with Crippen molar-refractivity contribution in [2.75, 3.05) is 0 Å². The molecule has 0 aliphatic heterocycles. The molecule has 0 heterocycles. The molecule has 0 bridgehead atoms. The summed E-state index contributed by atoms with van der Waals surface area (Å²) in [4.78, 5) is 10.5. The lowest BCUT2D eigenvalue weighted by Crippen LogP contribution is -2.18. The number of aliphatic hydroxyl groups is 2. The number of nitriles is 1. The highest BCUT2D eigenvalue weighted by Crippen LogP contribution is 2.36. The smallest absolute Gasteiger partial charge is 0.303 e. The van der Waals surface area contributed by atoms with Crippen LogP contribution in [-0.4, -0.2) is 33.5 Å². The van der Waals surface area contributed by atoms with E-state index >= 15 is 0 Å². The van der Waals surface area contributed by atoms with E-state index in [2.05, 4.69) is 6.07 Å². The van der Waals surface area contributed by atoms with E-state index in [0.29, 0.717) is 18.8 Å². The second-order valence-corrected chi connectivity index (χ2v) is 7.38. The minimum absolute atomic E-state index is 0.0368. The van der Waals surface area contributed by atoms with E-state index in [1.165, 1.54) is 0 Å². The van der Waals surface area contributed by atoms with Crippen LogP contribution in [-0.2, 0) is 4.79 Å². The maximum atomic E-state index is 10.5. The number of aliphatic hydroxyl groups excluding tert-OH is 2. The number of carboxylic acid groups (broad SMARTS) is 1. The Morgan fingerprint density at radius 3 is 2.64 bits per heavy atom. The van der Waals surface area contributed by atoms with Crippen molar-refractivity contribution in [3.63, 3.8) is 0 Å². The Labute approximate surface area is 151 Å². The highest BCUT2D eigenvalue weighted by Gasteiger charge is 2.32. The van der Waals surface area contributed by atoms with Crippen molar-refractivity contribution in [1.29, 1.82) is 5.26 Å². The molecule has 0 radical (unpaired) electrons. The van der Waals surface area contributed by atoms with Crippen LogP contribution in [0.15, 0.2) is 12.2 Å². The Kier molecular flexibility index (Phi) is 10.4. The van der Waals surface area contributed by atoms with Gasteiger partial charge in [-0.15, -0.1) is 0 Å². The molecule has 1 fully saturated rings. The van der Waals surface area contributed by atoms with E-state index in [-0.39, 0.29) is 24.4 Å². The summed E-state index contributed by atoms with van der Waals surface area (Å²) in [5.41, 5.74) is 0. The fourth-order valence-electron chi connectivity index (χ4n) is 3.58. The Morgan fingerprint density at radius 1 is 1.24 bits per heavy atom. The standard InChI is InChI=1S/C20H33NO4/c1-15(14-21)8-11-17(22)12-9-16-10-13-19(23)18(16)6-4-2-3-5-7-20(24)25/h9,12,15-19,22-23H,2-8,10-11,13H2,1H3,(H,24,25). The number of aliphatic carboxylic acids is 1. The van der Waals surface area contributed by atoms with Gasteiger partial charge in [0.1, 0.15) is 0 Å². The number of hydrogen-bond donors (Lipinski definition) is 3. The number of carbonyl (C=O) groups is 1. The molecule has 0 aromatic rings. The van der Waals surface area contributed by atoms with Crippen LogP contribution < -0.4 is 0 Å². The first kappa shape index (κ1) is 21.7. The van der Waals surface area contributed by atoms with E-state index < -0.39 is 12.1 Å². The first-order valence-electron chi connectivity index (χ1n) is 9.60. The summed E-state index contributed by atoms with van der Waals surface area (Å²) in [6.07, 6.45) is 11.0. The molecule has 5 nitrogen and oxygen atoms in total. The van der Waals surface area contributed by atoms with E-state index in [1.54, 1.807) is 0 Å². The topological polar surface area (TPSA) is 102 Å². The van der Waals surface area contributed by atoms with E-state index in [1.807, 2.05) is 19.1 Å². The number of carboxylic acids is 1. The van der Waals surface area contributed by atoms with Crippen LogP contribution in [0.2, 0.25) is 0 Å². The fraction of sp³-hybridized carbons (Fsp3) is 0.800. The molecule has 3 N–H and O–H groups in total. The van der Waals surface area contributed by atoms with Gasteiger partial charge in [0, 0.05) is 12.3 Å². The van der Waals surface area contributed by atoms with E-state index in [0.717, 1.165) is 44.9 Å². The lowest BCUT2D eigenvalue weighted by molar-refractivity contribution is -0.137. The molecule has 1 aliphatic carbocycles. The van der Waals surface area contributed by atoms with Crippen molar-refractivity contribution >= 4 is 5.97 Å². The van der Waals surface area contributed by atoms with E-state index in [4.69, 9.17) is 10.4 Å². The van der Waals surface area contributed by atoms with Crippen LogP contribution in [0.5, 0.6) is 0 Å².